The van der Waals surface area contributed by atoms with Crippen LogP contribution >= 0.6 is 15.9 Å². The SMILES string of the molecule is CCOc1ccc(/C=C2/NC(=O)N(Cc3ccccc3)C2=O)cc1Br. The predicted molar refractivity (Wildman–Crippen MR) is 98.8 cm³/mol. The van der Waals surface area contributed by atoms with E-state index in [1.165, 1.54) is 4.90 Å². The van der Waals surface area contributed by atoms with Crippen LogP contribution in [0.15, 0.2) is 58.7 Å². The van der Waals surface area contributed by atoms with Crippen LogP contribution in [0.25, 0.3) is 6.08 Å². The number of imide groups is 1. The van der Waals surface area contributed by atoms with Gasteiger partial charge in [0.2, 0.25) is 0 Å². The van der Waals surface area contributed by atoms with E-state index in [-0.39, 0.29) is 18.1 Å². The van der Waals surface area contributed by atoms with E-state index < -0.39 is 6.03 Å². The van der Waals surface area contributed by atoms with Crippen molar-refractivity contribution in [2.24, 2.45) is 0 Å². The van der Waals surface area contributed by atoms with E-state index in [1.807, 2.05) is 55.5 Å². The molecule has 1 N–H and O–H groups in total. The molecule has 25 heavy (non-hydrogen) atoms. The van der Waals surface area contributed by atoms with Gasteiger partial charge in [-0.15, -0.1) is 0 Å². The summed E-state index contributed by atoms with van der Waals surface area (Å²) in [4.78, 5) is 25.8. The second kappa shape index (κ2) is 7.53. The summed E-state index contributed by atoms with van der Waals surface area (Å²) >= 11 is 3.44. The van der Waals surface area contributed by atoms with E-state index in [0.29, 0.717) is 6.61 Å². The van der Waals surface area contributed by atoms with Crippen LogP contribution in [0.5, 0.6) is 5.75 Å². The number of nitrogens with one attached hydrogen (secondary N) is 1. The average molecular weight is 401 g/mol. The van der Waals surface area contributed by atoms with E-state index in [0.717, 1.165) is 21.3 Å². The summed E-state index contributed by atoms with van der Waals surface area (Å²) in [7, 11) is 0. The Morgan fingerprint density at radius 1 is 1.16 bits per heavy atom. The molecule has 128 valence electrons. The van der Waals surface area contributed by atoms with Crippen molar-refractivity contribution in [3.63, 3.8) is 0 Å². The number of hydrogen-bond acceptors (Lipinski definition) is 3. The number of benzene rings is 2. The number of rotatable bonds is 5. The van der Waals surface area contributed by atoms with Gasteiger partial charge in [0.05, 0.1) is 17.6 Å². The highest BCUT2D eigenvalue weighted by molar-refractivity contribution is 9.10. The first-order chi connectivity index (χ1) is 12.1. The summed E-state index contributed by atoms with van der Waals surface area (Å²) in [5.41, 5.74) is 1.95. The van der Waals surface area contributed by atoms with Crippen molar-refractivity contribution in [1.29, 1.82) is 0 Å². The first-order valence-electron chi connectivity index (χ1n) is 7.89. The van der Waals surface area contributed by atoms with Crippen molar-refractivity contribution in [2.75, 3.05) is 6.61 Å². The fourth-order valence-electron chi connectivity index (χ4n) is 2.53. The molecule has 0 spiro atoms. The minimum atomic E-state index is -0.412. The number of amides is 3. The van der Waals surface area contributed by atoms with Crippen LogP contribution in [0, 0.1) is 0 Å². The highest BCUT2D eigenvalue weighted by Crippen LogP contribution is 2.27. The van der Waals surface area contributed by atoms with Gasteiger partial charge in [0.15, 0.2) is 0 Å². The van der Waals surface area contributed by atoms with Crippen molar-refractivity contribution < 1.29 is 14.3 Å². The Balaban J connectivity index is 1.79. The number of carbonyl (C=O) groups excluding carboxylic acids is 2. The van der Waals surface area contributed by atoms with Gasteiger partial charge < -0.3 is 10.1 Å². The van der Waals surface area contributed by atoms with Gasteiger partial charge in [0.25, 0.3) is 5.91 Å². The molecule has 1 fully saturated rings. The lowest BCUT2D eigenvalue weighted by molar-refractivity contribution is -0.123. The van der Waals surface area contributed by atoms with Crippen molar-refractivity contribution >= 4 is 33.9 Å². The Morgan fingerprint density at radius 3 is 2.60 bits per heavy atom. The summed E-state index contributed by atoms with van der Waals surface area (Å²) in [6.45, 7) is 2.73. The molecular weight excluding hydrogens is 384 g/mol. The van der Waals surface area contributed by atoms with Crippen molar-refractivity contribution in [2.45, 2.75) is 13.5 Å². The van der Waals surface area contributed by atoms with Crippen LogP contribution < -0.4 is 10.1 Å². The number of ether oxygens (including phenoxy) is 1. The fraction of sp³-hybridized carbons (Fsp3) is 0.158. The minimum Gasteiger partial charge on any atom is -0.493 e. The second-order valence-corrected chi connectivity index (χ2v) is 6.34. The number of nitrogens with zero attached hydrogens (tertiary/aromatic N) is 1. The van der Waals surface area contributed by atoms with Gasteiger partial charge in [0.1, 0.15) is 11.4 Å². The molecular formula is C19H17BrN2O3. The maximum atomic E-state index is 12.5. The molecule has 3 amide bonds. The topological polar surface area (TPSA) is 58.6 Å². The van der Waals surface area contributed by atoms with E-state index in [9.17, 15) is 9.59 Å². The van der Waals surface area contributed by atoms with E-state index in [1.54, 1.807) is 6.08 Å². The molecule has 1 aliphatic rings. The molecule has 2 aromatic carbocycles. The molecule has 6 heteroatoms. The third-order valence-electron chi connectivity index (χ3n) is 3.71. The standard InChI is InChI=1S/C19H17BrN2O3/c1-2-25-17-9-8-14(10-15(17)20)11-16-18(23)22(19(24)21-16)12-13-6-4-3-5-7-13/h3-11H,2,12H2,1H3,(H,21,24)/b16-11+. The van der Waals surface area contributed by atoms with Crippen LogP contribution in [-0.2, 0) is 11.3 Å². The molecule has 3 rings (SSSR count). The van der Waals surface area contributed by atoms with Gasteiger partial charge in [-0.25, -0.2) is 4.79 Å². The molecule has 1 saturated heterocycles. The maximum Gasteiger partial charge on any atom is 0.329 e. The molecule has 1 aliphatic heterocycles. The lowest BCUT2D eigenvalue weighted by Crippen LogP contribution is -2.30. The summed E-state index contributed by atoms with van der Waals surface area (Å²) in [5, 5.41) is 2.63. The van der Waals surface area contributed by atoms with Gasteiger partial charge in [-0.2, -0.15) is 0 Å². The molecule has 5 nitrogen and oxygen atoms in total. The summed E-state index contributed by atoms with van der Waals surface area (Å²) < 4.78 is 6.26. The first-order valence-corrected chi connectivity index (χ1v) is 8.68. The van der Waals surface area contributed by atoms with Crippen LogP contribution in [-0.4, -0.2) is 23.4 Å². The lowest BCUT2D eigenvalue weighted by atomic mass is 10.1. The number of urea groups is 1. The Morgan fingerprint density at radius 2 is 1.92 bits per heavy atom. The Kier molecular flexibility index (Phi) is 5.19. The molecule has 2 aromatic rings. The Bertz CT molecular complexity index is 834. The molecule has 0 aliphatic carbocycles. The van der Waals surface area contributed by atoms with Crippen LogP contribution in [0.2, 0.25) is 0 Å². The normalized spacial score (nSPS) is 15.6. The summed E-state index contributed by atoms with van der Waals surface area (Å²) in [6, 6.07) is 14.5. The zero-order valence-corrected chi connectivity index (χ0v) is 15.2. The van der Waals surface area contributed by atoms with Crippen LogP contribution in [0.1, 0.15) is 18.1 Å². The molecule has 0 radical (unpaired) electrons. The molecule has 0 aromatic heterocycles. The smallest absolute Gasteiger partial charge is 0.329 e. The summed E-state index contributed by atoms with van der Waals surface area (Å²) in [6.07, 6.45) is 1.66. The van der Waals surface area contributed by atoms with E-state index in [2.05, 4.69) is 21.2 Å². The van der Waals surface area contributed by atoms with Crippen molar-refractivity contribution in [1.82, 2.24) is 10.2 Å². The quantitative estimate of drug-likeness (QED) is 0.610. The molecule has 0 unspecified atom stereocenters. The minimum absolute atomic E-state index is 0.246. The first kappa shape index (κ1) is 17.2. The predicted octanol–water partition coefficient (Wildman–Crippen LogP) is 3.94. The highest BCUT2D eigenvalue weighted by Gasteiger charge is 2.33. The van der Waals surface area contributed by atoms with Crippen LogP contribution in [0.3, 0.4) is 0 Å². The van der Waals surface area contributed by atoms with E-state index in [4.69, 9.17) is 4.74 Å². The van der Waals surface area contributed by atoms with Gasteiger partial charge in [-0.05, 0) is 52.2 Å². The largest absolute Gasteiger partial charge is 0.493 e. The molecule has 0 atom stereocenters. The molecule has 0 saturated carbocycles. The number of carbonyl (C=O) groups is 2. The van der Waals surface area contributed by atoms with Gasteiger partial charge >= 0.3 is 6.03 Å². The van der Waals surface area contributed by atoms with Gasteiger partial charge in [-0.1, -0.05) is 36.4 Å². The highest BCUT2D eigenvalue weighted by atomic mass is 79.9. The average Bonchev–Trinajstić information content (AvgIpc) is 2.86. The summed E-state index contributed by atoms with van der Waals surface area (Å²) in [5.74, 6) is 0.399. The molecule has 0 bridgehead atoms. The third kappa shape index (κ3) is 3.91. The molecule has 1 heterocycles. The second-order valence-electron chi connectivity index (χ2n) is 5.49. The van der Waals surface area contributed by atoms with Gasteiger partial charge in [-0.3, -0.25) is 9.69 Å². The Labute approximate surface area is 154 Å². The number of halogens is 1. The lowest BCUT2D eigenvalue weighted by Gasteiger charge is -2.11. The number of hydrogen-bond donors (Lipinski definition) is 1. The fourth-order valence-corrected chi connectivity index (χ4v) is 3.04. The third-order valence-corrected chi connectivity index (χ3v) is 4.33. The zero-order chi connectivity index (χ0) is 17.8. The Hall–Kier alpha value is -2.60. The zero-order valence-electron chi connectivity index (χ0n) is 13.7. The van der Waals surface area contributed by atoms with Crippen LogP contribution in [0.4, 0.5) is 4.79 Å². The monoisotopic (exact) mass is 400 g/mol. The van der Waals surface area contributed by atoms with E-state index >= 15 is 0 Å². The van der Waals surface area contributed by atoms with Crippen molar-refractivity contribution in [3.8, 4) is 5.75 Å². The van der Waals surface area contributed by atoms with Gasteiger partial charge in [0, 0.05) is 0 Å². The maximum absolute atomic E-state index is 12.5. The van der Waals surface area contributed by atoms with Crippen molar-refractivity contribution in [3.05, 3.63) is 69.8 Å².